The predicted octanol–water partition coefficient (Wildman–Crippen LogP) is -0.251. The van der Waals surface area contributed by atoms with E-state index in [0.717, 1.165) is 0 Å². The van der Waals surface area contributed by atoms with E-state index >= 15 is 0 Å². The number of rotatable bonds is 6. The van der Waals surface area contributed by atoms with Gasteiger partial charge in [0.2, 0.25) is 0 Å². The Bertz CT molecular complexity index is 378. The molecule has 106 valence electrons. The summed E-state index contributed by atoms with van der Waals surface area (Å²) < 4.78 is 32.4. The average molecular weight is 280 g/mol. The van der Waals surface area contributed by atoms with Crippen molar-refractivity contribution in [3.63, 3.8) is 0 Å². The van der Waals surface area contributed by atoms with Gasteiger partial charge in [-0.3, -0.25) is 4.79 Å². The summed E-state index contributed by atoms with van der Waals surface area (Å²) in [4.78, 5) is 10.7. The van der Waals surface area contributed by atoms with Crippen LogP contribution in [-0.4, -0.2) is 67.0 Å². The molecule has 1 heterocycles. The Morgan fingerprint density at radius 3 is 2.44 bits per heavy atom. The molecule has 0 radical (unpaired) electrons. The Balaban J connectivity index is 2.81. The third-order valence-corrected chi connectivity index (χ3v) is 5.09. The van der Waals surface area contributed by atoms with Gasteiger partial charge in [0.15, 0.2) is 0 Å². The summed E-state index contributed by atoms with van der Waals surface area (Å²) in [6.45, 7) is 4.96. The highest BCUT2D eigenvalue weighted by atomic mass is 32.2. The van der Waals surface area contributed by atoms with Crippen molar-refractivity contribution in [2.45, 2.75) is 26.3 Å². The zero-order chi connectivity index (χ0) is 13.8. The Kier molecular flexibility index (Phi) is 5.51. The van der Waals surface area contributed by atoms with Crippen molar-refractivity contribution >= 4 is 16.2 Å². The molecule has 1 rings (SSSR count). The Hall–Kier alpha value is -0.700. The molecule has 1 N–H and O–H groups in total. The van der Waals surface area contributed by atoms with Crippen LogP contribution in [0.15, 0.2) is 0 Å². The van der Waals surface area contributed by atoms with Crippen molar-refractivity contribution in [2.75, 3.05) is 32.8 Å². The number of hydrogen-bond donors (Lipinski definition) is 1. The largest absolute Gasteiger partial charge is 0.481 e. The molecule has 7 nitrogen and oxygen atoms in total. The molecule has 1 aliphatic rings. The van der Waals surface area contributed by atoms with Crippen molar-refractivity contribution in [3.8, 4) is 0 Å². The van der Waals surface area contributed by atoms with Gasteiger partial charge in [0, 0.05) is 25.7 Å². The number of hydrogen-bond acceptors (Lipinski definition) is 4. The Morgan fingerprint density at radius 1 is 1.44 bits per heavy atom. The molecule has 0 bridgehead atoms. The lowest BCUT2D eigenvalue weighted by molar-refractivity contribution is -0.137. The number of carbonyl (C=O) groups is 1. The fraction of sp³-hybridized carbons (Fsp3) is 0.900. The maximum absolute atomic E-state index is 12.3. The molecule has 1 fully saturated rings. The molecule has 0 aromatic heterocycles. The second-order valence-electron chi connectivity index (χ2n) is 4.17. The van der Waals surface area contributed by atoms with Crippen LogP contribution in [0.1, 0.15) is 20.3 Å². The van der Waals surface area contributed by atoms with E-state index in [4.69, 9.17) is 9.84 Å². The average Bonchev–Trinajstić information content (AvgIpc) is 2.29. The number of nitrogens with zero attached hydrogens (tertiary/aromatic N) is 2. The van der Waals surface area contributed by atoms with Gasteiger partial charge in [-0.05, 0) is 6.92 Å². The minimum atomic E-state index is -3.60. The molecule has 8 heteroatoms. The Morgan fingerprint density at radius 2 is 2.00 bits per heavy atom. The van der Waals surface area contributed by atoms with E-state index < -0.39 is 22.2 Å². The highest BCUT2D eigenvalue weighted by molar-refractivity contribution is 7.86. The lowest BCUT2D eigenvalue weighted by Gasteiger charge is -2.34. The summed E-state index contributed by atoms with van der Waals surface area (Å²) in [6.07, 6.45) is -0.197. The van der Waals surface area contributed by atoms with Gasteiger partial charge in [-0.15, -0.1) is 0 Å². The van der Waals surface area contributed by atoms with Crippen molar-refractivity contribution < 1.29 is 23.1 Å². The molecule has 0 amide bonds. The van der Waals surface area contributed by atoms with E-state index in [2.05, 4.69) is 0 Å². The number of carboxylic acids is 1. The minimum absolute atomic E-state index is 0.197. The lowest BCUT2D eigenvalue weighted by atomic mass is 10.2. The van der Waals surface area contributed by atoms with Gasteiger partial charge in [-0.25, -0.2) is 0 Å². The van der Waals surface area contributed by atoms with Crippen LogP contribution in [0.25, 0.3) is 0 Å². The fourth-order valence-corrected chi connectivity index (χ4v) is 3.75. The topological polar surface area (TPSA) is 87.2 Å². The van der Waals surface area contributed by atoms with Crippen LogP contribution < -0.4 is 0 Å². The van der Waals surface area contributed by atoms with Crippen LogP contribution in [0.3, 0.4) is 0 Å². The molecule has 1 aliphatic heterocycles. The van der Waals surface area contributed by atoms with Crippen molar-refractivity contribution in [1.29, 1.82) is 0 Å². The molecule has 1 atom stereocenters. The molecule has 0 aliphatic carbocycles. The van der Waals surface area contributed by atoms with Gasteiger partial charge in [0.05, 0.1) is 19.6 Å². The molecular formula is C10H20N2O5S. The monoisotopic (exact) mass is 280 g/mol. The zero-order valence-electron chi connectivity index (χ0n) is 10.7. The summed E-state index contributed by atoms with van der Waals surface area (Å²) in [5.74, 6) is -1.00. The van der Waals surface area contributed by atoms with Crippen LogP contribution in [0.5, 0.6) is 0 Å². The summed E-state index contributed by atoms with van der Waals surface area (Å²) in [6, 6.07) is -0.555. The second-order valence-corrected chi connectivity index (χ2v) is 6.05. The third kappa shape index (κ3) is 3.64. The molecule has 1 saturated heterocycles. The third-order valence-electron chi connectivity index (χ3n) is 2.87. The molecule has 0 aromatic rings. The first kappa shape index (κ1) is 15.4. The summed E-state index contributed by atoms with van der Waals surface area (Å²) in [5.41, 5.74) is 0. The van der Waals surface area contributed by atoms with Gasteiger partial charge < -0.3 is 9.84 Å². The van der Waals surface area contributed by atoms with Crippen molar-refractivity contribution in [1.82, 2.24) is 8.61 Å². The predicted molar refractivity (Wildman–Crippen MR) is 65.4 cm³/mol. The van der Waals surface area contributed by atoms with E-state index in [1.54, 1.807) is 13.8 Å². The van der Waals surface area contributed by atoms with E-state index in [-0.39, 0.29) is 13.0 Å². The van der Waals surface area contributed by atoms with Gasteiger partial charge in [0.25, 0.3) is 10.2 Å². The Labute approximate surface area is 108 Å². The first-order valence-corrected chi connectivity index (χ1v) is 7.35. The molecular weight excluding hydrogens is 260 g/mol. The molecule has 0 saturated carbocycles. The zero-order valence-corrected chi connectivity index (χ0v) is 11.5. The summed E-state index contributed by atoms with van der Waals surface area (Å²) in [7, 11) is -3.60. The van der Waals surface area contributed by atoms with E-state index in [1.807, 2.05) is 0 Å². The van der Waals surface area contributed by atoms with Crippen LogP contribution in [0.4, 0.5) is 0 Å². The fourth-order valence-electron chi connectivity index (χ4n) is 1.98. The van der Waals surface area contributed by atoms with E-state index in [1.165, 1.54) is 8.61 Å². The SMILES string of the molecule is CCN(C(C)CC(=O)O)S(=O)(=O)N1CCOCC1. The van der Waals surface area contributed by atoms with Gasteiger partial charge >= 0.3 is 5.97 Å². The number of morpholine rings is 1. The normalized spacial score (nSPS) is 19.9. The molecule has 18 heavy (non-hydrogen) atoms. The molecule has 0 aromatic carbocycles. The summed E-state index contributed by atoms with van der Waals surface area (Å²) >= 11 is 0. The first-order valence-electron chi connectivity index (χ1n) is 5.96. The van der Waals surface area contributed by atoms with Crippen LogP contribution >= 0.6 is 0 Å². The van der Waals surface area contributed by atoms with Crippen LogP contribution in [-0.2, 0) is 19.7 Å². The maximum atomic E-state index is 12.3. The summed E-state index contributed by atoms with van der Waals surface area (Å²) in [5, 5.41) is 8.75. The quantitative estimate of drug-likeness (QED) is 0.725. The van der Waals surface area contributed by atoms with Gasteiger partial charge in [0.1, 0.15) is 0 Å². The lowest BCUT2D eigenvalue weighted by Crippen LogP contribution is -2.51. The van der Waals surface area contributed by atoms with Crippen molar-refractivity contribution in [3.05, 3.63) is 0 Å². The minimum Gasteiger partial charge on any atom is -0.481 e. The highest BCUT2D eigenvalue weighted by Gasteiger charge is 2.33. The standard InChI is InChI=1S/C10H20N2O5S/c1-3-12(9(2)8-10(13)14)18(15,16)11-4-6-17-7-5-11/h9H,3-8H2,1-2H3,(H,13,14). The van der Waals surface area contributed by atoms with Crippen LogP contribution in [0, 0.1) is 0 Å². The molecule has 1 unspecified atom stereocenters. The van der Waals surface area contributed by atoms with Gasteiger partial charge in [-0.1, -0.05) is 6.92 Å². The number of ether oxygens (including phenoxy) is 1. The van der Waals surface area contributed by atoms with E-state index in [9.17, 15) is 13.2 Å². The maximum Gasteiger partial charge on any atom is 0.304 e. The first-order chi connectivity index (χ1) is 8.39. The number of aliphatic carboxylic acids is 1. The number of carboxylic acid groups (broad SMARTS) is 1. The highest BCUT2D eigenvalue weighted by Crippen LogP contribution is 2.15. The van der Waals surface area contributed by atoms with Gasteiger partial charge in [-0.2, -0.15) is 17.0 Å². The molecule has 0 spiro atoms. The van der Waals surface area contributed by atoms with E-state index in [0.29, 0.717) is 26.3 Å². The van der Waals surface area contributed by atoms with Crippen molar-refractivity contribution in [2.24, 2.45) is 0 Å². The second kappa shape index (κ2) is 6.46. The van der Waals surface area contributed by atoms with Crippen LogP contribution in [0.2, 0.25) is 0 Å². The smallest absolute Gasteiger partial charge is 0.304 e.